The minimum atomic E-state index is -0.385. The highest BCUT2D eigenvalue weighted by molar-refractivity contribution is 8.13. The van der Waals surface area contributed by atoms with E-state index < -0.39 is 0 Å². The fraction of sp³-hybridized carbons (Fsp3) is 0.655. The fourth-order valence-electron chi connectivity index (χ4n) is 6.90. The first kappa shape index (κ1) is 66.4. The van der Waals surface area contributed by atoms with E-state index in [0.717, 1.165) is 98.5 Å². The van der Waals surface area contributed by atoms with Crippen molar-refractivity contribution >= 4 is 51.7 Å². The summed E-state index contributed by atoms with van der Waals surface area (Å²) in [6, 6.07) is 17.7. The third-order valence-corrected chi connectivity index (χ3v) is 13.6. The first-order valence-electron chi connectivity index (χ1n) is 26.7. The number of benzene rings is 2. The van der Waals surface area contributed by atoms with Gasteiger partial charge in [-0.2, -0.15) is 0 Å². The van der Waals surface area contributed by atoms with Gasteiger partial charge in [0.25, 0.3) is 0 Å². The van der Waals surface area contributed by atoms with Gasteiger partial charge in [0.05, 0.1) is 81.6 Å². The summed E-state index contributed by atoms with van der Waals surface area (Å²) in [5.74, 6) is 2.45. The summed E-state index contributed by atoms with van der Waals surface area (Å²) in [7, 11) is 13.0. The van der Waals surface area contributed by atoms with Gasteiger partial charge in [-0.1, -0.05) is 142 Å². The Balaban J connectivity index is 0.00000117. The second-order valence-electron chi connectivity index (χ2n) is 21.3. The number of nitrogens with one attached hydrogen (secondary N) is 6. The number of carbonyl (C=O) groups is 2. The smallest absolute Gasteiger partial charge is 0.304 e. The highest BCUT2D eigenvalue weighted by atomic mass is 32.2. The van der Waals surface area contributed by atoms with E-state index in [9.17, 15) is 9.59 Å². The Kier molecular flexibility index (Phi) is 37.0. The van der Waals surface area contributed by atoms with Gasteiger partial charge in [0.2, 0.25) is 11.8 Å². The predicted molar refractivity (Wildman–Crippen MR) is 310 cm³/mol. The largest absolute Gasteiger partial charge is 0.355 e. The molecular formula is C58H106N8O2S2+4. The van der Waals surface area contributed by atoms with E-state index in [0.29, 0.717) is 11.5 Å². The van der Waals surface area contributed by atoms with Crippen LogP contribution in [0.15, 0.2) is 67.3 Å². The molecule has 1 atom stereocenters. The molecule has 0 aliphatic rings. The molecule has 0 bridgehead atoms. The van der Waals surface area contributed by atoms with Crippen molar-refractivity contribution in [2.75, 3.05) is 94.6 Å². The predicted octanol–water partition coefficient (Wildman–Crippen LogP) is 8.63. The summed E-state index contributed by atoms with van der Waals surface area (Å²) >= 11 is 3.72. The Bertz CT molecular complexity index is 1760. The Morgan fingerprint density at radius 1 is 0.629 bits per heavy atom. The van der Waals surface area contributed by atoms with E-state index >= 15 is 0 Å². The van der Waals surface area contributed by atoms with Gasteiger partial charge in [-0.25, -0.2) is 0 Å². The highest BCUT2D eigenvalue weighted by Crippen LogP contribution is 2.34. The molecule has 70 heavy (non-hydrogen) atoms. The third kappa shape index (κ3) is 35.5. The zero-order chi connectivity index (χ0) is 52.9. The minimum absolute atomic E-state index is 0.0404. The maximum atomic E-state index is 12.9. The van der Waals surface area contributed by atoms with Crippen molar-refractivity contribution in [3.05, 3.63) is 89.5 Å². The van der Waals surface area contributed by atoms with Crippen LogP contribution in [0.4, 0.5) is 0 Å². The number of rotatable bonds is 31. The number of amidine groups is 2. The number of nitrogens with zero attached hydrogens (tertiary/aromatic N) is 2. The zero-order valence-corrected chi connectivity index (χ0v) is 48.9. The monoisotopic (exact) mass is 1010 g/mol. The molecular weight excluding hydrogens is 905 g/mol. The number of quaternary nitrogens is 2. The maximum absolute atomic E-state index is 12.9. The molecule has 0 radical (unpaired) electrons. The number of amides is 2. The molecule has 0 heterocycles. The summed E-state index contributed by atoms with van der Waals surface area (Å²) in [5, 5.41) is 15.5. The number of thioether (sulfide) groups is 2. The molecule has 0 aromatic heterocycles. The molecule has 12 heteroatoms. The van der Waals surface area contributed by atoms with E-state index in [1.165, 1.54) is 84.0 Å². The maximum Gasteiger partial charge on any atom is 0.304 e. The first-order chi connectivity index (χ1) is 33.1. The van der Waals surface area contributed by atoms with Crippen molar-refractivity contribution in [1.82, 2.24) is 21.3 Å². The Morgan fingerprint density at radius 2 is 1.04 bits per heavy atom. The average Bonchev–Trinajstić information content (AvgIpc) is 3.31. The lowest BCUT2D eigenvalue weighted by atomic mass is 9.78. The summed E-state index contributed by atoms with van der Waals surface area (Å²) in [4.78, 5) is 31.1. The van der Waals surface area contributed by atoms with E-state index in [-0.39, 0.29) is 17.2 Å². The van der Waals surface area contributed by atoms with Gasteiger partial charge < -0.3 is 19.6 Å². The fourth-order valence-corrected chi connectivity index (χ4v) is 8.72. The summed E-state index contributed by atoms with van der Waals surface area (Å²) in [5.41, 5.74) is 5.38. The number of hydrogen-bond donors (Lipinski definition) is 6. The molecule has 0 aliphatic carbocycles. The van der Waals surface area contributed by atoms with Crippen LogP contribution in [0.2, 0.25) is 0 Å². The topological polar surface area (TPSA) is 110 Å². The lowest BCUT2D eigenvalue weighted by molar-refractivity contribution is -0.870. The molecule has 0 spiro atoms. The zero-order valence-electron chi connectivity index (χ0n) is 47.3. The van der Waals surface area contributed by atoms with Crippen LogP contribution in [0.1, 0.15) is 161 Å². The van der Waals surface area contributed by atoms with Crippen LogP contribution in [0.5, 0.6) is 0 Å². The molecule has 10 nitrogen and oxygen atoms in total. The molecule has 6 N–H and O–H groups in total. The quantitative estimate of drug-likeness (QED) is 0.0149. The molecule has 2 aromatic carbocycles. The van der Waals surface area contributed by atoms with Crippen molar-refractivity contribution < 1.29 is 28.5 Å². The molecule has 0 saturated carbocycles. The third-order valence-electron chi connectivity index (χ3n) is 11.5. The highest BCUT2D eigenvalue weighted by Gasteiger charge is 2.31. The SMILES string of the molecule is C=C(C)C(=O)NCCC[N+](C)(C)C.C=Cc1ccc(CSC(NCCCC)=[NH+]CCCC)cc1.CCCCNC(=[NH+]CCCC)SCc1ccc(C(CC)CC(C)(C)C(=O)NCCC[N+](C)(C)C)cc1. The lowest BCUT2D eigenvalue weighted by Gasteiger charge is -2.29. The van der Waals surface area contributed by atoms with Crippen molar-refractivity contribution in [1.29, 1.82) is 0 Å². The lowest BCUT2D eigenvalue weighted by Crippen LogP contribution is -2.75. The Morgan fingerprint density at radius 3 is 1.43 bits per heavy atom. The molecule has 0 aliphatic heterocycles. The second-order valence-corrected chi connectivity index (χ2v) is 23.2. The number of hydrogen-bond acceptors (Lipinski definition) is 4. The van der Waals surface area contributed by atoms with E-state index in [1.54, 1.807) is 6.92 Å². The van der Waals surface area contributed by atoms with Gasteiger partial charge in [-0.15, -0.1) is 0 Å². The first-order valence-corrected chi connectivity index (χ1v) is 28.7. The summed E-state index contributed by atoms with van der Waals surface area (Å²) < 4.78 is 1.86. The molecule has 2 aromatic rings. The molecule has 2 rings (SSSR count). The van der Waals surface area contributed by atoms with Crippen LogP contribution in [0, 0.1) is 5.41 Å². The Hall–Kier alpha value is -3.58. The number of carbonyl (C=O) groups excluding carboxylic acids is 2. The number of unbranched alkanes of at least 4 members (excludes halogenated alkanes) is 4. The van der Waals surface area contributed by atoms with Crippen LogP contribution in [0.25, 0.3) is 6.08 Å². The van der Waals surface area contributed by atoms with Crippen LogP contribution in [-0.2, 0) is 21.1 Å². The molecule has 0 fully saturated rings. The van der Waals surface area contributed by atoms with Crippen molar-refractivity contribution in [2.24, 2.45) is 5.41 Å². The van der Waals surface area contributed by atoms with Crippen molar-refractivity contribution in [2.45, 2.75) is 150 Å². The van der Waals surface area contributed by atoms with Crippen molar-refractivity contribution in [3.8, 4) is 0 Å². The van der Waals surface area contributed by atoms with E-state index in [4.69, 9.17) is 0 Å². The van der Waals surface area contributed by atoms with Crippen LogP contribution in [0.3, 0.4) is 0 Å². The van der Waals surface area contributed by atoms with Gasteiger partial charge in [0, 0.05) is 48.4 Å². The van der Waals surface area contributed by atoms with Crippen LogP contribution >= 0.6 is 23.5 Å². The van der Waals surface area contributed by atoms with Crippen LogP contribution < -0.4 is 31.3 Å². The molecule has 0 saturated heterocycles. The molecule has 398 valence electrons. The van der Waals surface area contributed by atoms with Gasteiger partial charge in [0.15, 0.2) is 0 Å². The van der Waals surface area contributed by atoms with E-state index in [1.807, 2.05) is 29.6 Å². The van der Waals surface area contributed by atoms with E-state index in [2.05, 4.69) is 184 Å². The molecule has 2 amide bonds. The molecule has 1 unspecified atom stereocenters. The second kappa shape index (κ2) is 39.0. The van der Waals surface area contributed by atoms with Crippen LogP contribution in [-0.4, -0.2) is 126 Å². The van der Waals surface area contributed by atoms with Crippen molar-refractivity contribution in [3.63, 3.8) is 0 Å². The standard InChI is InChI=1S/C30H54N4OS.C18H28N2S.C10H20N2O/c1-9-12-19-32-29(33-20-13-10-2)36-24-25-15-17-27(18-16-25)26(11-3)23-30(4,5)28(35)31-21-14-22-34(6,7)8;1-4-7-13-19-18(20-14-8-5-2)21-15-17-11-9-16(6-3)10-12-17;1-9(2)10(13)11-7-6-8-12(3,4)5/h15-18,26H,9-14,19-24H2,1-8H3,(H-,31,32,33,35);6,9-12H,3-5,7-8,13-15H2,1-2H3,(H,19,20);1,6-8H2,2-5H3/p+4. The summed E-state index contributed by atoms with van der Waals surface area (Å²) in [6.45, 7) is 32.1. The summed E-state index contributed by atoms with van der Waals surface area (Å²) in [6.07, 6.45) is 15.5. The Labute approximate surface area is 438 Å². The van der Waals surface area contributed by atoms with Gasteiger partial charge in [0.1, 0.15) is 0 Å². The van der Waals surface area contributed by atoms with Gasteiger partial charge in [-0.05, 0) is 97.1 Å². The average molecular weight is 1010 g/mol. The van der Waals surface area contributed by atoms with Gasteiger partial charge >= 0.3 is 10.3 Å². The minimum Gasteiger partial charge on any atom is -0.355 e. The normalized spacial score (nSPS) is 12.4. The van der Waals surface area contributed by atoms with Gasteiger partial charge in [-0.3, -0.25) is 30.2 Å².